The number of ether oxygens (including phenoxy) is 1. The highest BCUT2D eigenvalue weighted by molar-refractivity contribution is 6.39. The van der Waals surface area contributed by atoms with Gasteiger partial charge in [-0.05, 0) is 37.1 Å². The number of amides is 2. The van der Waals surface area contributed by atoms with Crippen molar-refractivity contribution in [3.05, 3.63) is 30.5 Å². The van der Waals surface area contributed by atoms with Gasteiger partial charge in [0.15, 0.2) is 0 Å². The molecule has 2 rings (SSSR count). The first-order valence-electron chi connectivity index (χ1n) is 8.27. The smallest absolute Gasteiger partial charge is 0.313 e. The maximum Gasteiger partial charge on any atom is 0.313 e. The highest BCUT2D eigenvalue weighted by Crippen LogP contribution is 2.21. The Morgan fingerprint density at radius 3 is 2.71 bits per heavy atom. The topological polar surface area (TPSA) is 72.4 Å². The summed E-state index contributed by atoms with van der Waals surface area (Å²) >= 11 is 0. The van der Waals surface area contributed by atoms with E-state index in [1.807, 2.05) is 37.4 Å². The van der Waals surface area contributed by atoms with Gasteiger partial charge in [0.05, 0.1) is 6.61 Å². The van der Waals surface area contributed by atoms with Crippen LogP contribution in [0.5, 0.6) is 0 Å². The van der Waals surface area contributed by atoms with Crippen molar-refractivity contribution < 1.29 is 14.3 Å². The largest absolute Gasteiger partial charge is 0.380 e. The summed E-state index contributed by atoms with van der Waals surface area (Å²) in [5.41, 5.74) is 1.72. The fourth-order valence-corrected chi connectivity index (χ4v) is 2.48. The van der Waals surface area contributed by atoms with Crippen molar-refractivity contribution in [2.75, 3.05) is 25.1 Å². The first kappa shape index (κ1) is 18.0. The molecular formula is C18H25N3O3. The summed E-state index contributed by atoms with van der Waals surface area (Å²) in [4.78, 5) is 23.6. The van der Waals surface area contributed by atoms with Crippen LogP contribution in [0.25, 0.3) is 10.9 Å². The highest BCUT2D eigenvalue weighted by Gasteiger charge is 2.13. The van der Waals surface area contributed by atoms with E-state index in [0.717, 1.165) is 17.4 Å². The zero-order chi connectivity index (χ0) is 17.5. The van der Waals surface area contributed by atoms with Gasteiger partial charge in [-0.15, -0.1) is 0 Å². The summed E-state index contributed by atoms with van der Waals surface area (Å²) < 4.78 is 7.30. The second kappa shape index (κ2) is 8.49. The summed E-state index contributed by atoms with van der Waals surface area (Å²) in [6.07, 6.45) is 2.04. The second-order valence-corrected chi connectivity index (χ2v) is 6.04. The normalized spacial score (nSPS) is 11.0. The lowest BCUT2D eigenvalue weighted by atomic mass is 10.2. The molecule has 130 valence electrons. The van der Waals surface area contributed by atoms with E-state index in [0.29, 0.717) is 31.4 Å². The lowest BCUT2D eigenvalue weighted by molar-refractivity contribution is -0.136. The fraction of sp³-hybridized carbons (Fsp3) is 0.444. The number of rotatable bonds is 7. The van der Waals surface area contributed by atoms with Crippen LogP contribution in [0.1, 0.15) is 20.8 Å². The Morgan fingerprint density at radius 2 is 2.00 bits per heavy atom. The van der Waals surface area contributed by atoms with Crippen molar-refractivity contribution in [3.63, 3.8) is 0 Å². The first-order chi connectivity index (χ1) is 11.5. The Kier molecular flexibility index (Phi) is 6.37. The third kappa shape index (κ3) is 4.83. The highest BCUT2D eigenvalue weighted by atomic mass is 16.5. The van der Waals surface area contributed by atoms with Crippen molar-refractivity contribution >= 4 is 28.4 Å². The van der Waals surface area contributed by atoms with Gasteiger partial charge in [0, 0.05) is 42.5 Å². The molecule has 1 aromatic heterocycles. The molecule has 0 aliphatic heterocycles. The van der Waals surface area contributed by atoms with Gasteiger partial charge in [-0.2, -0.15) is 0 Å². The molecular weight excluding hydrogens is 306 g/mol. The molecule has 0 aliphatic rings. The van der Waals surface area contributed by atoms with Crippen LogP contribution in [0.4, 0.5) is 5.69 Å². The van der Waals surface area contributed by atoms with Gasteiger partial charge in [0.1, 0.15) is 0 Å². The van der Waals surface area contributed by atoms with Crippen LogP contribution in [0.3, 0.4) is 0 Å². The monoisotopic (exact) mass is 331 g/mol. The van der Waals surface area contributed by atoms with Gasteiger partial charge in [-0.25, -0.2) is 0 Å². The molecule has 1 heterocycles. The third-order valence-electron chi connectivity index (χ3n) is 3.53. The van der Waals surface area contributed by atoms with Gasteiger partial charge < -0.3 is 19.9 Å². The number of nitrogens with zero attached hydrogens (tertiary/aromatic N) is 1. The van der Waals surface area contributed by atoms with Crippen LogP contribution in [-0.4, -0.2) is 36.1 Å². The minimum absolute atomic E-state index is 0.317. The van der Waals surface area contributed by atoms with Crippen LogP contribution in [0, 0.1) is 5.92 Å². The number of aromatic nitrogens is 1. The maximum atomic E-state index is 11.9. The molecule has 2 N–H and O–H groups in total. The van der Waals surface area contributed by atoms with Crippen LogP contribution in [-0.2, 0) is 20.9 Å². The van der Waals surface area contributed by atoms with Crippen molar-refractivity contribution in [2.45, 2.75) is 27.3 Å². The Hall–Kier alpha value is -2.34. The Labute approximate surface area is 142 Å². The zero-order valence-electron chi connectivity index (χ0n) is 14.5. The van der Waals surface area contributed by atoms with Gasteiger partial charge >= 0.3 is 11.8 Å². The predicted molar refractivity (Wildman–Crippen MR) is 94.9 cm³/mol. The molecule has 0 spiro atoms. The Morgan fingerprint density at radius 1 is 1.21 bits per heavy atom. The molecule has 0 saturated heterocycles. The van der Waals surface area contributed by atoms with E-state index in [4.69, 9.17) is 4.74 Å². The van der Waals surface area contributed by atoms with Gasteiger partial charge in [-0.1, -0.05) is 13.8 Å². The number of hydrogen-bond donors (Lipinski definition) is 2. The summed E-state index contributed by atoms with van der Waals surface area (Å²) in [7, 11) is 0. The molecule has 0 unspecified atom stereocenters. The quantitative estimate of drug-likeness (QED) is 0.604. The molecule has 1 aromatic carbocycles. The molecule has 0 aliphatic carbocycles. The average Bonchev–Trinajstić information content (AvgIpc) is 2.93. The van der Waals surface area contributed by atoms with E-state index in [-0.39, 0.29) is 0 Å². The second-order valence-electron chi connectivity index (χ2n) is 6.04. The van der Waals surface area contributed by atoms with E-state index in [9.17, 15) is 9.59 Å². The lowest BCUT2D eigenvalue weighted by Crippen LogP contribution is -2.37. The average molecular weight is 331 g/mol. The predicted octanol–water partition coefficient (Wildman–Crippen LogP) is 2.39. The minimum atomic E-state index is -0.674. The van der Waals surface area contributed by atoms with E-state index < -0.39 is 11.8 Å². The maximum absolute atomic E-state index is 11.9. The van der Waals surface area contributed by atoms with Crippen LogP contribution < -0.4 is 10.6 Å². The molecule has 0 bridgehead atoms. The van der Waals surface area contributed by atoms with Crippen molar-refractivity contribution in [3.8, 4) is 0 Å². The zero-order valence-corrected chi connectivity index (χ0v) is 14.5. The van der Waals surface area contributed by atoms with E-state index in [1.165, 1.54) is 0 Å². The Bertz CT molecular complexity index is 707. The number of carbonyl (C=O) groups excluding carboxylic acids is 2. The lowest BCUT2D eigenvalue weighted by Gasteiger charge is -2.09. The summed E-state index contributed by atoms with van der Waals surface area (Å²) in [6, 6.07) is 7.65. The van der Waals surface area contributed by atoms with E-state index in [2.05, 4.69) is 29.0 Å². The SMILES string of the molecule is CCOCCNC(=O)C(=O)Nc1ccc2c(ccn2CC(C)C)c1. The van der Waals surface area contributed by atoms with Crippen LogP contribution >= 0.6 is 0 Å². The number of hydrogen-bond acceptors (Lipinski definition) is 3. The van der Waals surface area contributed by atoms with Crippen LogP contribution in [0.2, 0.25) is 0 Å². The van der Waals surface area contributed by atoms with Gasteiger partial charge in [-0.3, -0.25) is 9.59 Å². The molecule has 0 radical (unpaired) electrons. The molecule has 0 saturated carbocycles. The fourth-order valence-electron chi connectivity index (χ4n) is 2.48. The van der Waals surface area contributed by atoms with Crippen molar-refractivity contribution in [1.82, 2.24) is 9.88 Å². The molecule has 6 nitrogen and oxygen atoms in total. The number of fused-ring (bicyclic) bond motifs is 1. The summed E-state index contributed by atoms with van der Waals surface area (Å²) in [5.74, 6) is -0.778. The molecule has 0 fully saturated rings. The van der Waals surface area contributed by atoms with Crippen molar-refractivity contribution in [2.24, 2.45) is 5.92 Å². The number of nitrogens with one attached hydrogen (secondary N) is 2. The minimum Gasteiger partial charge on any atom is -0.380 e. The van der Waals surface area contributed by atoms with E-state index in [1.54, 1.807) is 0 Å². The Balaban J connectivity index is 1.97. The van der Waals surface area contributed by atoms with E-state index >= 15 is 0 Å². The van der Waals surface area contributed by atoms with Gasteiger partial charge in [0.2, 0.25) is 0 Å². The standard InChI is InChI=1S/C18H25N3O3/c1-4-24-10-8-19-17(22)18(23)20-15-5-6-16-14(11-15)7-9-21(16)12-13(2)3/h5-7,9,11,13H,4,8,10,12H2,1-3H3,(H,19,22)(H,20,23). The third-order valence-corrected chi connectivity index (χ3v) is 3.53. The van der Waals surface area contributed by atoms with Crippen molar-refractivity contribution in [1.29, 1.82) is 0 Å². The number of benzene rings is 1. The number of anilines is 1. The number of carbonyl (C=O) groups is 2. The van der Waals surface area contributed by atoms with Crippen LogP contribution in [0.15, 0.2) is 30.5 Å². The molecule has 24 heavy (non-hydrogen) atoms. The molecule has 2 aromatic rings. The molecule has 0 atom stereocenters. The molecule has 2 amide bonds. The molecule has 6 heteroatoms. The summed E-state index contributed by atoms with van der Waals surface area (Å²) in [5, 5.41) is 6.18. The summed E-state index contributed by atoms with van der Waals surface area (Å²) in [6.45, 7) is 8.45. The van der Waals surface area contributed by atoms with Gasteiger partial charge in [0.25, 0.3) is 0 Å². The first-order valence-corrected chi connectivity index (χ1v) is 8.27.